The van der Waals surface area contributed by atoms with Gasteiger partial charge in [-0.15, -0.1) is 0 Å². The van der Waals surface area contributed by atoms with E-state index in [-0.39, 0.29) is 0 Å². The number of nitrogens with two attached hydrogens (primary N) is 1. The topological polar surface area (TPSA) is 72.1 Å². The minimum absolute atomic E-state index is 0.366. The number of benzene rings is 2. The lowest BCUT2D eigenvalue weighted by molar-refractivity contribution is 0.297. The molecule has 0 radical (unpaired) electrons. The first-order chi connectivity index (χ1) is 12.5. The summed E-state index contributed by atoms with van der Waals surface area (Å²) in [5, 5.41) is 3.12. The van der Waals surface area contributed by atoms with Crippen LogP contribution in [0.5, 0.6) is 11.5 Å². The Balaban J connectivity index is 1.70. The number of nitrogens with one attached hydrogen (secondary N) is 1. The fourth-order valence-electron chi connectivity index (χ4n) is 2.82. The molecule has 0 unspecified atom stereocenters. The van der Waals surface area contributed by atoms with Crippen LogP contribution in [0.1, 0.15) is 17.5 Å². The first-order valence-electron chi connectivity index (χ1n) is 8.76. The van der Waals surface area contributed by atoms with E-state index in [0.29, 0.717) is 25.7 Å². The van der Waals surface area contributed by atoms with Crippen LogP contribution in [0.2, 0.25) is 0 Å². The first-order valence-corrected chi connectivity index (χ1v) is 8.76. The predicted octanol–water partition coefficient (Wildman–Crippen LogP) is 3.15. The van der Waals surface area contributed by atoms with Gasteiger partial charge in [-0.3, -0.25) is 0 Å². The smallest absolute Gasteiger partial charge is 0.193 e. The van der Waals surface area contributed by atoms with Crippen molar-refractivity contribution < 1.29 is 9.47 Å². The van der Waals surface area contributed by atoms with Gasteiger partial charge in [0, 0.05) is 38.0 Å². The van der Waals surface area contributed by atoms with Gasteiger partial charge < -0.3 is 25.4 Å². The lowest BCUT2D eigenvalue weighted by atomic mass is 10.1. The van der Waals surface area contributed by atoms with Crippen molar-refractivity contribution in [1.82, 2.24) is 0 Å². The summed E-state index contributed by atoms with van der Waals surface area (Å²) >= 11 is 0. The Hall–Kier alpha value is -2.89. The number of hydrogen-bond acceptors (Lipinski definition) is 4. The molecule has 0 aliphatic carbocycles. The number of aliphatic imine (C=N–C) groups is 1. The van der Waals surface area contributed by atoms with Crippen LogP contribution in [0.3, 0.4) is 0 Å². The third-order valence-electron chi connectivity index (χ3n) is 4.16. The van der Waals surface area contributed by atoms with Gasteiger partial charge in [-0.2, -0.15) is 0 Å². The van der Waals surface area contributed by atoms with Crippen LogP contribution in [0.15, 0.2) is 41.4 Å². The molecule has 0 saturated carbocycles. The molecule has 3 N–H and O–H groups in total. The zero-order valence-electron chi connectivity index (χ0n) is 15.6. The van der Waals surface area contributed by atoms with Gasteiger partial charge >= 0.3 is 0 Å². The number of aryl methyl sites for hydroxylation is 1. The molecule has 26 heavy (non-hydrogen) atoms. The van der Waals surface area contributed by atoms with Crippen molar-refractivity contribution in [2.75, 3.05) is 37.5 Å². The summed E-state index contributed by atoms with van der Waals surface area (Å²) in [7, 11) is 4.06. The minimum atomic E-state index is 0.366. The lowest BCUT2D eigenvalue weighted by Gasteiger charge is -2.17. The van der Waals surface area contributed by atoms with Crippen LogP contribution in [-0.4, -0.2) is 33.3 Å². The third kappa shape index (κ3) is 4.39. The summed E-state index contributed by atoms with van der Waals surface area (Å²) in [5.74, 6) is 1.86. The maximum Gasteiger partial charge on any atom is 0.193 e. The average molecular weight is 354 g/mol. The molecule has 3 rings (SSSR count). The Kier molecular flexibility index (Phi) is 5.51. The van der Waals surface area contributed by atoms with Crippen molar-refractivity contribution >= 4 is 17.3 Å². The Morgan fingerprint density at radius 3 is 2.65 bits per heavy atom. The standard InChI is InChI=1S/C20H26N4O2/c1-14-5-6-15(17(11-14)24(2)3)13-22-20(21)23-16-7-8-18-19(12-16)26-10-4-9-25-18/h5-8,11-12H,4,9-10,13H2,1-3H3,(H3,21,22,23). The van der Waals surface area contributed by atoms with E-state index in [4.69, 9.17) is 15.2 Å². The van der Waals surface area contributed by atoms with Gasteiger partial charge in [0.2, 0.25) is 0 Å². The Morgan fingerprint density at radius 1 is 1.12 bits per heavy atom. The predicted molar refractivity (Wildman–Crippen MR) is 107 cm³/mol. The summed E-state index contributed by atoms with van der Waals surface area (Å²) in [4.78, 5) is 6.57. The molecule has 0 bridgehead atoms. The van der Waals surface area contributed by atoms with E-state index in [1.807, 2.05) is 32.3 Å². The number of anilines is 2. The summed E-state index contributed by atoms with van der Waals surface area (Å²) in [6, 6.07) is 12.0. The molecule has 1 heterocycles. The van der Waals surface area contributed by atoms with E-state index < -0.39 is 0 Å². The van der Waals surface area contributed by atoms with E-state index in [1.54, 1.807) is 0 Å². The highest BCUT2D eigenvalue weighted by Crippen LogP contribution is 2.32. The average Bonchev–Trinajstić information content (AvgIpc) is 2.85. The van der Waals surface area contributed by atoms with Crippen LogP contribution < -0.4 is 25.4 Å². The van der Waals surface area contributed by atoms with Crippen LogP contribution in [-0.2, 0) is 6.54 Å². The highest BCUT2D eigenvalue weighted by molar-refractivity contribution is 5.92. The van der Waals surface area contributed by atoms with Crippen LogP contribution >= 0.6 is 0 Å². The summed E-state index contributed by atoms with van der Waals surface area (Å²) in [5.41, 5.74) is 10.4. The van der Waals surface area contributed by atoms with Crippen molar-refractivity contribution in [3.63, 3.8) is 0 Å². The SMILES string of the molecule is Cc1ccc(CN=C(N)Nc2ccc3c(c2)OCCCO3)c(N(C)C)c1. The summed E-state index contributed by atoms with van der Waals surface area (Å²) in [6.45, 7) is 3.92. The van der Waals surface area contributed by atoms with Gasteiger partial charge in [-0.1, -0.05) is 12.1 Å². The molecule has 6 heteroatoms. The van der Waals surface area contributed by atoms with Crippen molar-refractivity contribution in [2.45, 2.75) is 19.9 Å². The molecule has 1 aliphatic rings. The zero-order chi connectivity index (χ0) is 18.5. The highest BCUT2D eigenvalue weighted by Gasteiger charge is 2.11. The number of ether oxygens (including phenoxy) is 2. The quantitative estimate of drug-likeness (QED) is 0.652. The van der Waals surface area contributed by atoms with E-state index in [2.05, 4.69) is 40.3 Å². The van der Waals surface area contributed by atoms with Crippen LogP contribution in [0.4, 0.5) is 11.4 Å². The van der Waals surface area contributed by atoms with E-state index in [0.717, 1.165) is 34.9 Å². The number of nitrogens with zero attached hydrogens (tertiary/aromatic N) is 2. The molecule has 2 aromatic rings. The molecule has 0 spiro atoms. The Labute approximate surface area is 154 Å². The van der Waals surface area contributed by atoms with Crippen molar-refractivity contribution in [1.29, 1.82) is 0 Å². The minimum Gasteiger partial charge on any atom is -0.490 e. The van der Waals surface area contributed by atoms with Gasteiger partial charge in [0.05, 0.1) is 19.8 Å². The van der Waals surface area contributed by atoms with Gasteiger partial charge in [-0.25, -0.2) is 4.99 Å². The molecule has 0 atom stereocenters. The number of guanidine groups is 1. The normalized spacial score (nSPS) is 13.9. The number of hydrogen-bond donors (Lipinski definition) is 2. The Morgan fingerprint density at radius 2 is 1.88 bits per heavy atom. The van der Waals surface area contributed by atoms with Crippen molar-refractivity contribution in [3.05, 3.63) is 47.5 Å². The van der Waals surface area contributed by atoms with Crippen LogP contribution in [0, 0.1) is 6.92 Å². The molecular weight excluding hydrogens is 328 g/mol. The second-order valence-corrected chi connectivity index (χ2v) is 6.57. The van der Waals surface area contributed by atoms with Gasteiger partial charge in [-0.05, 0) is 36.2 Å². The molecule has 0 aromatic heterocycles. The fourth-order valence-corrected chi connectivity index (χ4v) is 2.82. The van der Waals surface area contributed by atoms with Gasteiger partial charge in [0.15, 0.2) is 17.5 Å². The maximum atomic E-state index is 6.07. The van der Waals surface area contributed by atoms with E-state index in [9.17, 15) is 0 Å². The largest absolute Gasteiger partial charge is 0.490 e. The Bertz CT molecular complexity index is 802. The molecule has 0 amide bonds. The summed E-state index contributed by atoms with van der Waals surface area (Å²) in [6.07, 6.45) is 0.881. The lowest BCUT2D eigenvalue weighted by Crippen LogP contribution is -2.22. The first kappa shape index (κ1) is 17.9. The summed E-state index contributed by atoms with van der Waals surface area (Å²) < 4.78 is 11.3. The van der Waals surface area contributed by atoms with Crippen molar-refractivity contribution in [2.24, 2.45) is 10.7 Å². The second kappa shape index (κ2) is 7.99. The molecular formula is C20H26N4O2. The van der Waals surface area contributed by atoms with E-state index >= 15 is 0 Å². The molecule has 1 aliphatic heterocycles. The number of fused-ring (bicyclic) bond motifs is 1. The highest BCUT2D eigenvalue weighted by atomic mass is 16.5. The molecule has 2 aromatic carbocycles. The monoisotopic (exact) mass is 354 g/mol. The van der Waals surface area contributed by atoms with Crippen LogP contribution in [0.25, 0.3) is 0 Å². The molecule has 6 nitrogen and oxygen atoms in total. The zero-order valence-corrected chi connectivity index (χ0v) is 15.6. The number of rotatable bonds is 4. The molecule has 0 fully saturated rings. The molecule has 138 valence electrons. The third-order valence-corrected chi connectivity index (χ3v) is 4.16. The van der Waals surface area contributed by atoms with E-state index in [1.165, 1.54) is 5.56 Å². The maximum absolute atomic E-state index is 6.07. The van der Waals surface area contributed by atoms with Gasteiger partial charge in [0.25, 0.3) is 0 Å². The molecule has 0 saturated heterocycles. The fraction of sp³-hybridized carbons (Fsp3) is 0.350. The second-order valence-electron chi connectivity index (χ2n) is 6.57. The van der Waals surface area contributed by atoms with Crippen molar-refractivity contribution in [3.8, 4) is 11.5 Å². The van der Waals surface area contributed by atoms with Gasteiger partial charge in [0.1, 0.15) is 0 Å².